The summed E-state index contributed by atoms with van der Waals surface area (Å²) in [5.74, 6) is 0.209. The van der Waals surface area contributed by atoms with Crippen molar-refractivity contribution in [1.82, 2.24) is 29.5 Å². The van der Waals surface area contributed by atoms with Gasteiger partial charge in [-0.25, -0.2) is 14.2 Å². The number of likely N-dealkylation sites (tertiary alicyclic amines) is 1. The molecule has 1 unspecified atom stereocenters. The molecule has 3 amide bonds. The number of alkyl halides is 3. The van der Waals surface area contributed by atoms with Crippen molar-refractivity contribution >= 4 is 52.0 Å². The highest BCUT2D eigenvalue weighted by atomic mass is 35.5. The molecule has 3 aliphatic rings. The number of ether oxygens (including phenoxy) is 1. The maximum atomic E-state index is 13.9. The number of carbonyl (C=O) groups is 2. The van der Waals surface area contributed by atoms with Crippen LogP contribution in [0.25, 0.3) is 11.0 Å². The first-order valence-electron chi connectivity index (χ1n) is 17.2. The molecule has 1 atom stereocenters. The first-order chi connectivity index (χ1) is 24.4. The molecular formula is C36H42Cl2F3N7O3. The fourth-order valence-corrected chi connectivity index (χ4v) is 7.50. The summed E-state index contributed by atoms with van der Waals surface area (Å²) < 4.78 is 49.2. The number of hydrogen-bond donors (Lipinski definition) is 3. The maximum Gasteiger partial charge on any atom is 0.418 e. The van der Waals surface area contributed by atoms with E-state index in [1.807, 2.05) is 23.1 Å². The summed E-state index contributed by atoms with van der Waals surface area (Å²) in [6.07, 6.45) is 4.04. The van der Waals surface area contributed by atoms with Gasteiger partial charge in [0.2, 0.25) is 5.91 Å². The van der Waals surface area contributed by atoms with Gasteiger partial charge in [0.25, 0.3) is 0 Å². The van der Waals surface area contributed by atoms with E-state index >= 15 is 0 Å². The van der Waals surface area contributed by atoms with Gasteiger partial charge in [0.1, 0.15) is 17.1 Å². The minimum Gasteiger partial charge on any atom is -0.491 e. The number of rotatable bonds is 11. The molecule has 0 bridgehead atoms. The minimum absolute atomic E-state index is 0.00785. The van der Waals surface area contributed by atoms with Crippen molar-refractivity contribution in [3.8, 4) is 5.75 Å². The van der Waals surface area contributed by atoms with Crippen LogP contribution in [-0.2, 0) is 17.4 Å². The second kappa shape index (κ2) is 15.7. The summed E-state index contributed by atoms with van der Waals surface area (Å²) in [6.45, 7) is 2.56. The van der Waals surface area contributed by atoms with E-state index in [0.29, 0.717) is 74.7 Å². The normalized spacial score (nSPS) is 17.9. The highest BCUT2D eigenvalue weighted by molar-refractivity contribution is 6.33. The number of nitrogens with two attached hydrogens (primary N) is 1. The zero-order valence-corrected chi connectivity index (χ0v) is 29.9. The third-order valence-electron chi connectivity index (χ3n) is 9.84. The Kier molecular flexibility index (Phi) is 11.4. The van der Waals surface area contributed by atoms with Gasteiger partial charge in [-0.2, -0.15) is 13.2 Å². The van der Waals surface area contributed by atoms with Crippen LogP contribution in [0.2, 0.25) is 5.02 Å². The monoisotopic (exact) mass is 747 g/mol. The third-order valence-corrected chi connectivity index (χ3v) is 10.3. The highest BCUT2D eigenvalue weighted by Gasteiger charge is 2.36. The van der Waals surface area contributed by atoms with Gasteiger partial charge in [-0.1, -0.05) is 23.7 Å². The molecule has 6 rings (SSSR count). The molecule has 1 fully saturated rings. The predicted octanol–water partition coefficient (Wildman–Crippen LogP) is 7.40. The summed E-state index contributed by atoms with van der Waals surface area (Å²) in [5, 5.41) is 2.86. The van der Waals surface area contributed by atoms with Gasteiger partial charge < -0.3 is 30.6 Å². The molecule has 0 radical (unpaired) electrons. The summed E-state index contributed by atoms with van der Waals surface area (Å²) in [6, 6.07) is 7.72. The molecule has 2 aromatic carbocycles. The van der Waals surface area contributed by atoms with Crippen LogP contribution in [0.3, 0.4) is 0 Å². The van der Waals surface area contributed by atoms with Crippen LogP contribution in [-0.4, -0.2) is 82.0 Å². The van der Waals surface area contributed by atoms with Crippen molar-refractivity contribution in [2.24, 2.45) is 0 Å². The number of nitrogens with zero attached hydrogens (tertiary/aromatic N) is 4. The molecule has 10 nitrogen and oxygen atoms in total. The van der Waals surface area contributed by atoms with Gasteiger partial charge in [-0.3, -0.25) is 4.79 Å². The van der Waals surface area contributed by atoms with Crippen LogP contribution < -0.4 is 15.8 Å². The molecule has 1 saturated heterocycles. The largest absolute Gasteiger partial charge is 0.491 e. The average Bonchev–Trinajstić information content (AvgIpc) is 3.46. The number of H-pyrrole nitrogens is 1. The molecule has 274 valence electrons. The number of nitrogens with one attached hydrogen (secondary N) is 2. The molecule has 3 heterocycles. The first-order valence-corrected chi connectivity index (χ1v) is 18.0. The van der Waals surface area contributed by atoms with Crippen molar-refractivity contribution in [3.63, 3.8) is 0 Å². The topological polar surface area (TPSA) is 120 Å². The zero-order chi connectivity index (χ0) is 36.3. The molecule has 15 heteroatoms. The number of hydrogen-bond acceptors (Lipinski definition) is 6. The number of piperidine rings is 1. The summed E-state index contributed by atoms with van der Waals surface area (Å²) in [5.41, 5.74) is 7.82. The molecule has 1 aliphatic carbocycles. The first kappa shape index (κ1) is 36.8. The van der Waals surface area contributed by atoms with Crippen molar-refractivity contribution in [1.29, 1.82) is 0 Å². The fraction of sp³-hybridized carbons (Fsp3) is 0.472. The van der Waals surface area contributed by atoms with Crippen molar-refractivity contribution in [3.05, 3.63) is 75.7 Å². The predicted molar refractivity (Wildman–Crippen MR) is 191 cm³/mol. The Balaban J connectivity index is 1.20. The van der Waals surface area contributed by atoms with Crippen LogP contribution in [0.15, 0.2) is 53.8 Å². The van der Waals surface area contributed by atoms with E-state index in [2.05, 4.69) is 16.4 Å². The highest BCUT2D eigenvalue weighted by Crippen LogP contribution is 2.39. The zero-order valence-electron chi connectivity index (χ0n) is 28.4. The molecule has 2 aliphatic heterocycles. The molecule has 0 spiro atoms. The van der Waals surface area contributed by atoms with Gasteiger partial charge in [0.15, 0.2) is 0 Å². The Labute approximate surface area is 304 Å². The SMILES string of the molecule is CN(Cl)CCCOc1cccc2[nH]c(C(CC(=O)N3CCC(N4CCC5=C(C=CCC5)NC4=O)CC3)Cc3cc(Cl)c(N)c(C(F)(F)F)c3)nc12. The number of nitrogen functional groups attached to an aromatic ring is 1. The van der Waals surface area contributed by atoms with E-state index in [4.69, 9.17) is 38.8 Å². The number of para-hydroxylation sites is 1. The summed E-state index contributed by atoms with van der Waals surface area (Å²) in [4.78, 5) is 38.8. The fourth-order valence-electron chi connectivity index (χ4n) is 7.14. The number of aromatic amines is 1. The smallest absolute Gasteiger partial charge is 0.418 e. The molecule has 4 N–H and O–H groups in total. The Hall–Kier alpha value is -3.94. The van der Waals surface area contributed by atoms with Gasteiger partial charge in [0, 0.05) is 57.3 Å². The molecule has 1 aromatic heterocycles. The number of aromatic nitrogens is 2. The van der Waals surface area contributed by atoms with Gasteiger partial charge in [-0.15, -0.1) is 0 Å². The standard InChI is InChI=1S/C36H42Cl2F3N7O3/c1-46(38)13-5-17-51-30-9-4-8-29-33(30)45-34(43-29)24(18-22-19-26(36(39,40)41)32(42)27(37)20-22)21-31(49)47-14-11-25(12-15-47)48-16-10-23-6-2-3-7-28(23)44-35(48)50/h3-4,7-9,19-20,24-25H,2,5-6,10-18,21,42H2,1H3,(H,43,45)(H,44,50). The number of benzene rings is 2. The number of amides is 3. The van der Waals surface area contributed by atoms with Gasteiger partial charge in [0.05, 0.1) is 28.4 Å². The second-order valence-corrected chi connectivity index (χ2v) is 14.4. The van der Waals surface area contributed by atoms with Crippen LogP contribution in [0.5, 0.6) is 5.75 Å². The van der Waals surface area contributed by atoms with Crippen LogP contribution >= 0.6 is 23.4 Å². The Bertz CT molecular complexity index is 1820. The minimum atomic E-state index is -4.71. The Morgan fingerprint density at radius 3 is 2.73 bits per heavy atom. The second-order valence-electron chi connectivity index (χ2n) is 13.4. The lowest BCUT2D eigenvalue weighted by Crippen LogP contribution is -2.51. The number of imidazole rings is 1. The number of anilines is 1. The summed E-state index contributed by atoms with van der Waals surface area (Å²) in [7, 11) is 1.76. The average molecular weight is 749 g/mol. The third kappa shape index (κ3) is 8.75. The van der Waals surface area contributed by atoms with E-state index in [0.717, 1.165) is 31.0 Å². The molecule has 0 saturated carbocycles. The van der Waals surface area contributed by atoms with E-state index in [1.54, 1.807) is 22.4 Å². The van der Waals surface area contributed by atoms with Crippen LogP contribution in [0, 0.1) is 0 Å². The summed E-state index contributed by atoms with van der Waals surface area (Å²) >= 11 is 12.1. The number of halogens is 5. The van der Waals surface area contributed by atoms with E-state index in [9.17, 15) is 22.8 Å². The van der Waals surface area contributed by atoms with Gasteiger partial charge in [-0.05, 0) is 98.2 Å². The number of fused-ring (bicyclic) bond motifs is 1. The maximum absolute atomic E-state index is 13.9. The van der Waals surface area contributed by atoms with E-state index in [-0.39, 0.29) is 41.4 Å². The Morgan fingerprint density at radius 2 is 1.98 bits per heavy atom. The lowest BCUT2D eigenvalue weighted by atomic mass is 9.92. The Morgan fingerprint density at radius 1 is 1.20 bits per heavy atom. The van der Waals surface area contributed by atoms with Crippen LogP contribution in [0.1, 0.15) is 67.8 Å². The van der Waals surface area contributed by atoms with Crippen molar-refractivity contribution < 1.29 is 27.5 Å². The lowest BCUT2D eigenvalue weighted by Gasteiger charge is -2.38. The number of urea groups is 1. The lowest BCUT2D eigenvalue weighted by molar-refractivity contribution is -0.137. The van der Waals surface area contributed by atoms with E-state index in [1.165, 1.54) is 11.6 Å². The van der Waals surface area contributed by atoms with Crippen molar-refractivity contribution in [2.75, 3.05) is 45.6 Å². The van der Waals surface area contributed by atoms with Crippen LogP contribution in [0.4, 0.5) is 23.7 Å². The number of allylic oxidation sites excluding steroid dienone is 2. The molecule has 3 aromatic rings. The van der Waals surface area contributed by atoms with E-state index < -0.39 is 23.3 Å². The van der Waals surface area contributed by atoms with Gasteiger partial charge >= 0.3 is 12.2 Å². The molecule has 51 heavy (non-hydrogen) atoms. The van der Waals surface area contributed by atoms with Crippen molar-refractivity contribution in [2.45, 2.75) is 69.5 Å². The molecular weight excluding hydrogens is 706 g/mol. The number of carbonyl (C=O) groups excluding carboxylic acids is 2. The quantitative estimate of drug-likeness (QED) is 0.107.